The van der Waals surface area contributed by atoms with Crippen LogP contribution in [-0.2, 0) is 30.6 Å². The molecule has 2 amide bonds. The number of benzene rings is 2. The Hall–Kier alpha value is -4.31. The summed E-state index contributed by atoms with van der Waals surface area (Å²) in [5, 5.41) is 20.2. The normalized spacial score (nSPS) is 24.2. The van der Waals surface area contributed by atoms with Gasteiger partial charge in [0.2, 0.25) is 11.8 Å². The summed E-state index contributed by atoms with van der Waals surface area (Å²) in [5.41, 5.74) is 2.70. The van der Waals surface area contributed by atoms with E-state index in [1.807, 2.05) is 36.4 Å². The SMILES string of the molecule is O=C(O)CCCCCN1C(=O)[C@H]2[C@H](CC=C3[C@H](c4ccc(OCc5ccccc5)cc4O)C4=C(C[C@H]32)C(=O)C(Br)=CC4=O)C1=O. The van der Waals surface area contributed by atoms with Gasteiger partial charge in [0.1, 0.15) is 18.1 Å². The van der Waals surface area contributed by atoms with E-state index in [9.17, 15) is 29.1 Å². The molecule has 3 aliphatic carbocycles. The molecule has 0 saturated carbocycles. The van der Waals surface area contributed by atoms with Crippen molar-refractivity contribution in [3.05, 3.63) is 93.0 Å². The lowest BCUT2D eigenvalue weighted by atomic mass is 9.59. The van der Waals surface area contributed by atoms with Crippen LogP contribution in [-0.4, -0.2) is 51.0 Å². The molecular formula is C35H32BrNO8. The second kappa shape index (κ2) is 12.6. The van der Waals surface area contributed by atoms with Crippen LogP contribution in [0.2, 0.25) is 0 Å². The van der Waals surface area contributed by atoms with Crippen LogP contribution >= 0.6 is 15.9 Å². The second-order valence-electron chi connectivity index (χ2n) is 11.9. The Labute approximate surface area is 268 Å². The third-order valence-corrected chi connectivity index (χ3v) is 9.85. The fourth-order valence-electron chi connectivity index (χ4n) is 7.17. The summed E-state index contributed by atoms with van der Waals surface area (Å²) in [4.78, 5) is 66.3. The van der Waals surface area contributed by atoms with E-state index >= 15 is 0 Å². The summed E-state index contributed by atoms with van der Waals surface area (Å²) in [7, 11) is 0. The summed E-state index contributed by atoms with van der Waals surface area (Å²) in [6.07, 6.45) is 5.18. The van der Waals surface area contributed by atoms with Gasteiger partial charge in [-0.2, -0.15) is 0 Å². The molecule has 4 atom stereocenters. The average molecular weight is 675 g/mol. The van der Waals surface area contributed by atoms with Crippen molar-refractivity contribution in [1.29, 1.82) is 0 Å². The van der Waals surface area contributed by atoms with Gasteiger partial charge in [0, 0.05) is 47.7 Å². The maximum absolute atomic E-state index is 13.8. The van der Waals surface area contributed by atoms with Crippen molar-refractivity contribution >= 4 is 45.3 Å². The first-order valence-electron chi connectivity index (χ1n) is 15.1. The number of aliphatic carboxylic acids is 1. The molecular weight excluding hydrogens is 642 g/mol. The molecule has 0 unspecified atom stereocenters. The minimum atomic E-state index is -0.883. The molecule has 6 rings (SSSR count). The zero-order chi connectivity index (χ0) is 31.8. The standard InChI is InChI=1S/C35H32BrNO8/c36-26-17-28(39)32-25(33(26)42)16-24-21(12-13-23-31(24)35(44)37(34(23)43)14-6-2-5-9-29(40)41)30(32)22-11-10-20(15-27(22)38)45-18-19-7-3-1-4-8-19/h1,3-4,7-8,10-12,15,17,23-24,30-31,38H,2,5-6,9,13-14,16,18H2,(H,40,41)/t23-,24+,30+,31-/m0/s1. The molecule has 4 aliphatic rings. The number of rotatable bonds is 10. The van der Waals surface area contributed by atoms with Gasteiger partial charge < -0.3 is 14.9 Å². The van der Waals surface area contributed by atoms with Gasteiger partial charge in [0.05, 0.1) is 16.3 Å². The number of fused-ring (bicyclic) bond motifs is 3. The van der Waals surface area contributed by atoms with Gasteiger partial charge >= 0.3 is 5.97 Å². The van der Waals surface area contributed by atoms with Crippen molar-refractivity contribution in [1.82, 2.24) is 4.90 Å². The summed E-state index contributed by atoms with van der Waals surface area (Å²) < 4.78 is 6.03. The highest BCUT2D eigenvalue weighted by atomic mass is 79.9. The van der Waals surface area contributed by atoms with Crippen LogP contribution in [0.3, 0.4) is 0 Å². The molecule has 10 heteroatoms. The first-order valence-corrected chi connectivity index (χ1v) is 15.9. The molecule has 1 aliphatic heterocycles. The van der Waals surface area contributed by atoms with E-state index in [2.05, 4.69) is 15.9 Å². The lowest BCUT2D eigenvalue weighted by Gasteiger charge is -2.42. The molecule has 2 aromatic rings. The van der Waals surface area contributed by atoms with E-state index in [0.29, 0.717) is 49.2 Å². The zero-order valence-electron chi connectivity index (χ0n) is 24.4. The number of amides is 2. The van der Waals surface area contributed by atoms with Crippen LogP contribution < -0.4 is 4.74 Å². The summed E-state index contributed by atoms with van der Waals surface area (Å²) in [6, 6.07) is 14.5. The van der Waals surface area contributed by atoms with Crippen LogP contribution in [0.5, 0.6) is 11.5 Å². The van der Waals surface area contributed by atoms with Gasteiger partial charge in [-0.25, -0.2) is 0 Å². The Balaban J connectivity index is 1.31. The highest BCUT2D eigenvalue weighted by Gasteiger charge is 2.56. The fourth-order valence-corrected chi connectivity index (χ4v) is 7.62. The Morgan fingerprint density at radius 1 is 0.978 bits per heavy atom. The maximum atomic E-state index is 13.8. The number of carboxylic acids is 1. The molecule has 9 nitrogen and oxygen atoms in total. The smallest absolute Gasteiger partial charge is 0.303 e. The minimum absolute atomic E-state index is 0.0328. The fraction of sp³-hybridized carbons (Fsp3) is 0.343. The number of halogens is 1. The second-order valence-corrected chi connectivity index (χ2v) is 12.8. The summed E-state index contributed by atoms with van der Waals surface area (Å²) in [6.45, 7) is 0.507. The quantitative estimate of drug-likeness (QED) is 0.148. The third kappa shape index (κ3) is 5.79. The van der Waals surface area contributed by atoms with E-state index in [4.69, 9.17) is 9.84 Å². The first-order chi connectivity index (χ1) is 21.7. The van der Waals surface area contributed by atoms with Gasteiger partial charge in [-0.1, -0.05) is 54.5 Å². The van der Waals surface area contributed by atoms with Gasteiger partial charge in [-0.15, -0.1) is 0 Å². The van der Waals surface area contributed by atoms with Crippen LogP contribution in [0.4, 0.5) is 0 Å². The van der Waals surface area contributed by atoms with Crippen LogP contribution in [0.1, 0.15) is 55.6 Å². The minimum Gasteiger partial charge on any atom is -0.507 e. The number of hydrogen-bond acceptors (Lipinski definition) is 7. The number of carbonyl (C=O) groups is 5. The van der Waals surface area contributed by atoms with Crippen molar-refractivity contribution in [3.63, 3.8) is 0 Å². The molecule has 0 radical (unpaired) electrons. The van der Waals surface area contributed by atoms with Crippen molar-refractivity contribution in [2.24, 2.45) is 17.8 Å². The van der Waals surface area contributed by atoms with E-state index in [-0.39, 0.29) is 58.6 Å². The highest BCUT2D eigenvalue weighted by Crippen LogP contribution is 2.56. The average Bonchev–Trinajstić information content (AvgIpc) is 3.27. The molecule has 1 heterocycles. The van der Waals surface area contributed by atoms with Crippen molar-refractivity contribution in [3.8, 4) is 11.5 Å². The Kier molecular flexibility index (Phi) is 8.59. The maximum Gasteiger partial charge on any atom is 0.303 e. The lowest BCUT2D eigenvalue weighted by Crippen LogP contribution is -2.39. The van der Waals surface area contributed by atoms with Crippen molar-refractivity contribution < 1.29 is 38.9 Å². The predicted molar refractivity (Wildman–Crippen MR) is 166 cm³/mol. The Morgan fingerprint density at radius 3 is 2.49 bits per heavy atom. The van der Waals surface area contributed by atoms with Crippen LogP contribution in [0, 0.1) is 17.8 Å². The van der Waals surface area contributed by atoms with Crippen LogP contribution in [0.15, 0.2) is 81.9 Å². The molecule has 0 aromatic heterocycles. The number of imide groups is 1. The van der Waals surface area contributed by atoms with Gasteiger partial charge in [0.25, 0.3) is 0 Å². The van der Waals surface area contributed by atoms with Gasteiger partial charge in [-0.05, 0) is 59.2 Å². The number of Topliss-reactive ketones (excluding diaryl/α,β-unsaturated/α-hetero) is 1. The van der Waals surface area contributed by atoms with Crippen molar-refractivity contribution in [2.45, 2.75) is 51.0 Å². The number of nitrogens with zero attached hydrogens (tertiary/aromatic N) is 1. The monoisotopic (exact) mass is 673 g/mol. The molecule has 0 bridgehead atoms. The molecule has 1 saturated heterocycles. The molecule has 0 spiro atoms. The molecule has 2 aromatic carbocycles. The van der Waals surface area contributed by atoms with Crippen LogP contribution in [0.25, 0.3) is 0 Å². The number of ketones is 2. The Bertz CT molecular complexity index is 1690. The summed E-state index contributed by atoms with van der Waals surface area (Å²) >= 11 is 3.23. The number of unbranched alkanes of at least 4 members (excludes halogenated alkanes) is 2. The number of phenolic OH excluding ortho intramolecular Hbond substituents is 1. The van der Waals surface area contributed by atoms with Crippen molar-refractivity contribution in [2.75, 3.05) is 6.54 Å². The van der Waals surface area contributed by atoms with Gasteiger partial charge in [-0.3, -0.25) is 28.9 Å². The number of phenols is 1. The first kappa shape index (κ1) is 30.7. The highest BCUT2D eigenvalue weighted by molar-refractivity contribution is 9.12. The number of allylic oxidation sites excluding steroid dienone is 6. The van der Waals surface area contributed by atoms with E-state index in [1.54, 1.807) is 12.1 Å². The Morgan fingerprint density at radius 2 is 1.76 bits per heavy atom. The predicted octanol–water partition coefficient (Wildman–Crippen LogP) is 5.38. The molecule has 2 N–H and O–H groups in total. The third-order valence-electron chi connectivity index (χ3n) is 9.26. The number of hydrogen-bond donors (Lipinski definition) is 2. The zero-order valence-corrected chi connectivity index (χ0v) is 26.0. The molecule has 1 fully saturated rings. The molecule has 45 heavy (non-hydrogen) atoms. The number of ether oxygens (including phenoxy) is 1. The van der Waals surface area contributed by atoms with E-state index < -0.39 is 29.6 Å². The largest absolute Gasteiger partial charge is 0.507 e. The van der Waals surface area contributed by atoms with E-state index in [1.165, 1.54) is 17.0 Å². The number of aromatic hydroxyl groups is 1. The number of carboxylic acid groups (broad SMARTS) is 1. The number of likely N-dealkylation sites (tertiary alicyclic amines) is 1. The summed E-state index contributed by atoms with van der Waals surface area (Å²) in [5.74, 6) is -4.37. The lowest BCUT2D eigenvalue weighted by molar-refractivity contribution is -0.141. The number of carbonyl (C=O) groups excluding carboxylic acids is 4. The van der Waals surface area contributed by atoms with E-state index in [0.717, 1.165) is 11.1 Å². The van der Waals surface area contributed by atoms with Gasteiger partial charge in [0.15, 0.2) is 11.6 Å². The topological polar surface area (TPSA) is 138 Å². The molecule has 232 valence electrons.